The summed E-state index contributed by atoms with van der Waals surface area (Å²) >= 11 is 6.16. The second-order valence-corrected chi connectivity index (χ2v) is 6.29. The summed E-state index contributed by atoms with van der Waals surface area (Å²) in [6.07, 6.45) is 0. The molecule has 2 amide bonds. The average Bonchev–Trinajstić information content (AvgIpc) is 2.61. The zero-order valence-electron chi connectivity index (χ0n) is 13.7. The Morgan fingerprint density at radius 2 is 1.64 bits per heavy atom. The summed E-state index contributed by atoms with van der Waals surface area (Å²) in [6, 6.07) is 8.69. The second-order valence-electron chi connectivity index (χ2n) is 5.88. The molecule has 0 unspecified atom stereocenters. The molecule has 1 saturated heterocycles. The van der Waals surface area contributed by atoms with Crippen LogP contribution in [0.2, 0.25) is 5.02 Å². The van der Waals surface area contributed by atoms with Crippen molar-refractivity contribution < 1.29 is 13.6 Å². The lowest BCUT2D eigenvalue weighted by Gasteiger charge is -2.36. The van der Waals surface area contributed by atoms with Gasteiger partial charge in [0.25, 0.3) is 0 Å². The fourth-order valence-corrected chi connectivity index (χ4v) is 3.06. The van der Waals surface area contributed by atoms with Gasteiger partial charge in [-0.05, 0) is 36.8 Å². The molecule has 1 fully saturated rings. The van der Waals surface area contributed by atoms with Crippen molar-refractivity contribution in [1.29, 1.82) is 0 Å². The van der Waals surface area contributed by atoms with Crippen molar-refractivity contribution in [3.05, 3.63) is 58.6 Å². The van der Waals surface area contributed by atoms with E-state index in [4.69, 9.17) is 11.6 Å². The first-order chi connectivity index (χ1) is 12.0. The molecule has 3 rings (SSSR count). The minimum Gasteiger partial charge on any atom is -0.368 e. The zero-order valence-corrected chi connectivity index (χ0v) is 14.5. The van der Waals surface area contributed by atoms with E-state index in [-0.39, 0.29) is 0 Å². The van der Waals surface area contributed by atoms with Crippen molar-refractivity contribution in [2.75, 3.05) is 36.4 Å². The van der Waals surface area contributed by atoms with E-state index in [1.807, 2.05) is 25.1 Å². The van der Waals surface area contributed by atoms with Gasteiger partial charge in [-0.15, -0.1) is 0 Å². The Bertz CT molecular complexity index is 772. The summed E-state index contributed by atoms with van der Waals surface area (Å²) < 4.78 is 27.3. The Morgan fingerprint density at radius 3 is 2.28 bits per heavy atom. The fourth-order valence-electron chi connectivity index (χ4n) is 2.89. The summed E-state index contributed by atoms with van der Waals surface area (Å²) in [4.78, 5) is 16.0. The van der Waals surface area contributed by atoms with Crippen LogP contribution in [-0.4, -0.2) is 37.1 Å². The molecule has 0 spiro atoms. The quantitative estimate of drug-likeness (QED) is 0.862. The van der Waals surface area contributed by atoms with E-state index < -0.39 is 23.4 Å². The summed E-state index contributed by atoms with van der Waals surface area (Å²) in [5.41, 5.74) is 1.61. The Morgan fingerprint density at radius 1 is 1.04 bits per heavy atom. The van der Waals surface area contributed by atoms with Gasteiger partial charge in [0.15, 0.2) is 0 Å². The summed E-state index contributed by atoms with van der Waals surface area (Å²) in [6.45, 7) is 4.10. The number of hydrogen-bond acceptors (Lipinski definition) is 2. The van der Waals surface area contributed by atoms with Gasteiger partial charge in [-0.1, -0.05) is 23.7 Å². The van der Waals surface area contributed by atoms with Crippen LogP contribution in [0.4, 0.5) is 25.0 Å². The Labute approximate surface area is 150 Å². The van der Waals surface area contributed by atoms with Crippen molar-refractivity contribution >= 4 is 29.0 Å². The van der Waals surface area contributed by atoms with Gasteiger partial charge in [-0.3, -0.25) is 0 Å². The van der Waals surface area contributed by atoms with Crippen LogP contribution in [0.25, 0.3) is 0 Å². The second kappa shape index (κ2) is 7.27. The molecule has 1 aliphatic rings. The molecule has 1 aliphatic heterocycles. The third-order valence-corrected chi connectivity index (χ3v) is 4.75. The van der Waals surface area contributed by atoms with E-state index in [0.29, 0.717) is 31.2 Å². The first-order valence-corrected chi connectivity index (χ1v) is 8.35. The normalized spacial score (nSPS) is 14.6. The maximum atomic E-state index is 13.6. The molecule has 1 N–H and O–H groups in total. The lowest BCUT2D eigenvalue weighted by molar-refractivity contribution is 0.208. The molecule has 25 heavy (non-hydrogen) atoms. The van der Waals surface area contributed by atoms with Crippen LogP contribution in [0.3, 0.4) is 0 Å². The number of carbonyl (C=O) groups excluding carboxylic acids is 1. The highest BCUT2D eigenvalue weighted by atomic mass is 35.5. The number of carbonyl (C=O) groups is 1. The highest BCUT2D eigenvalue weighted by Gasteiger charge is 2.23. The smallest absolute Gasteiger partial charge is 0.322 e. The number of rotatable bonds is 2. The molecular weight excluding hydrogens is 348 g/mol. The number of urea groups is 1. The van der Waals surface area contributed by atoms with Crippen molar-refractivity contribution in [3.8, 4) is 0 Å². The van der Waals surface area contributed by atoms with Gasteiger partial charge in [-0.2, -0.15) is 0 Å². The number of hydrogen-bond donors (Lipinski definition) is 1. The van der Waals surface area contributed by atoms with E-state index in [2.05, 4.69) is 10.2 Å². The predicted octanol–water partition coefficient (Wildman–Crippen LogP) is 4.28. The summed E-state index contributed by atoms with van der Waals surface area (Å²) in [5, 5.41) is 3.02. The van der Waals surface area contributed by atoms with Crippen LogP contribution in [0.5, 0.6) is 0 Å². The van der Waals surface area contributed by atoms with Crippen LogP contribution in [-0.2, 0) is 0 Å². The summed E-state index contributed by atoms with van der Waals surface area (Å²) in [5.74, 6) is -1.58. The largest absolute Gasteiger partial charge is 0.368 e. The first-order valence-electron chi connectivity index (χ1n) is 7.97. The van der Waals surface area contributed by atoms with Gasteiger partial charge in [0.2, 0.25) is 0 Å². The molecule has 7 heteroatoms. The van der Waals surface area contributed by atoms with Crippen molar-refractivity contribution in [2.45, 2.75) is 6.92 Å². The highest BCUT2D eigenvalue weighted by molar-refractivity contribution is 6.31. The van der Waals surface area contributed by atoms with Gasteiger partial charge < -0.3 is 15.1 Å². The molecule has 1 heterocycles. The third-order valence-electron chi connectivity index (χ3n) is 4.34. The van der Waals surface area contributed by atoms with Gasteiger partial charge >= 0.3 is 6.03 Å². The molecule has 0 atom stereocenters. The Hall–Kier alpha value is -2.34. The number of amides is 2. The molecule has 0 saturated carbocycles. The van der Waals surface area contributed by atoms with Crippen LogP contribution in [0, 0.1) is 18.6 Å². The van der Waals surface area contributed by atoms with E-state index in [9.17, 15) is 13.6 Å². The zero-order chi connectivity index (χ0) is 18.0. The third kappa shape index (κ3) is 3.69. The van der Waals surface area contributed by atoms with Gasteiger partial charge in [0.05, 0.1) is 0 Å². The van der Waals surface area contributed by atoms with Crippen LogP contribution in [0.15, 0.2) is 36.4 Å². The average molecular weight is 366 g/mol. The van der Waals surface area contributed by atoms with Gasteiger partial charge in [-0.25, -0.2) is 13.6 Å². The SMILES string of the molecule is Cc1c(Cl)cccc1N1CCN(C(=O)Nc2c(F)cccc2F)CC1. The number of piperazine rings is 1. The van der Waals surface area contributed by atoms with Crippen LogP contribution >= 0.6 is 11.6 Å². The number of nitrogens with zero attached hydrogens (tertiary/aromatic N) is 2. The highest BCUT2D eigenvalue weighted by Crippen LogP contribution is 2.27. The first kappa shape index (κ1) is 17.5. The van der Waals surface area contributed by atoms with E-state index in [0.717, 1.165) is 23.4 Å². The molecule has 2 aromatic carbocycles. The lowest BCUT2D eigenvalue weighted by atomic mass is 10.1. The van der Waals surface area contributed by atoms with Crippen molar-refractivity contribution in [2.24, 2.45) is 0 Å². The molecular formula is C18H18ClF2N3O. The number of para-hydroxylation sites is 1. The molecule has 4 nitrogen and oxygen atoms in total. The minimum absolute atomic E-state index is 0.416. The van der Waals surface area contributed by atoms with Crippen LogP contribution < -0.4 is 10.2 Å². The molecule has 0 aliphatic carbocycles. The lowest BCUT2D eigenvalue weighted by Crippen LogP contribution is -2.50. The predicted molar refractivity (Wildman–Crippen MR) is 95.4 cm³/mol. The maximum Gasteiger partial charge on any atom is 0.322 e. The summed E-state index contributed by atoms with van der Waals surface area (Å²) in [7, 11) is 0. The monoisotopic (exact) mass is 365 g/mol. The standard InChI is InChI=1S/C18H18ClF2N3O/c1-12-13(19)4-2-7-16(12)23-8-10-24(11-9-23)18(25)22-17-14(20)5-3-6-15(17)21/h2-7H,8-11H2,1H3,(H,22,25). The number of anilines is 2. The van der Waals surface area contributed by atoms with E-state index >= 15 is 0 Å². The topological polar surface area (TPSA) is 35.6 Å². The number of nitrogens with one attached hydrogen (secondary N) is 1. The molecule has 0 bridgehead atoms. The fraction of sp³-hybridized carbons (Fsp3) is 0.278. The Balaban J connectivity index is 1.64. The van der Waals surface area contributed by atoms with E-state index in [1.165, 1.54) is 6.07 Å². The van der Waals surface area contributed by atoms with Crippen molar-refractivity contribution in [3.63, 3.8) is 0 Å². The minimum atomic E-state index is -0.790. The molecule has 2 aromatic rings. The molecule has 0 aromatic heterocycles. The van der Waals surface area contributed by atoms with E-state index in [1.54, 1.807) is 4.90 Å². The molecule has 132 valence electrons. The van der Waals surface area contributed by atoms with Crippen LogP contribution in [0.1, 0.15) is 5.56 Å². The van der Waals surface area contributed by atoms with Gasteiger partial charge in [0, 0.05) is 36.9 Å². The Kier molecular flexibility index (Phi) is 5.08. The van der Waals surface area contributed by atoms with Crippen molar-refractivity contribution in [1.82, 2.24) is 4.90 Å². The molecule has 0 radical (unpaired) electrons. The number of benzene rings is 2. The number of halogens is 3. The van der Waals surface area contributed by atoms with Gasteiger partial charge in [0.1, 0.15) is 17.3 Å². The maximum absolute atomic E-state index is 13.6.